The average Bonchev–Trinajstić information content (AvgIpc) is 2.93. The third-order valence-electron chi connectivity index (χ3n) is 7.20. The Kier molecular flexibility index (Phi) is 4.86. The number of hydrogen-bond acceptors (Lipinski definition) is 2. The predicted molar refractivity (Wildman–Crippen MR) is 98.3 cm³/mol. The molecule has 0 amide bonds. The number of rotatable bonds is 3. The molecule has 3 nitrogen and oxygen atoms in total. The number of nitrogens with two attached hydrogens (primary N) is 1. The van der Waals surface area contributed by atoms with Crippen LogP contribution in [0.5, 0.6) is 0 Å². The normalized spacial score (nSPS) is 27.9. The Morgan fingerprint density at radius 3 is 2.20 bits per heavy atom. The number of carbonyl (C=O) groups excluding carboxylic acids is 1. The van der Waals surface area contributed by atoms with Crippen molar-refractivity contribution in [1.82, 2.24) is 0 Å². The molecule has 1 aromatic carbocycles. The van der Waals surface area contributed by atoms with E-state index in [0.29, 0.717) is 5.41 Å². The Labute approximate surface area is 151 Å². The van der Waals surface area contributed by atoms with E-state index in [2.05, 4.69) is 29.6 Å². The summed E-state index contributed by atoms with van der Waals surface area (Å²) in [6, 6.07) is 10.4. The van der Waals surface area contributed by atoms with Crippen molar-refractivity contribution in [1.29, 1.82) is 0 Å². The molecule has 1 heterocycles. The molecule has 2 aliphatic carbocycles. The van der Waals surface area contributed by atoms with Crippen molar-refractivity contribution in [3.63, 3.8) is 0 Å². The van der Waals surface area contributed by atoms with Gasteiger partial charge in [0, 0.05) is 18.3 Å². The fourth-order valence-corrected chi connectivity index (χ4v) is 5.42. The molecule has 136 valence electrons. The molecule has 3 aliphatic rings. The first-order valence-electron chi connectivity index (χ1n) is 10.3. The Morgan fingerprint density at radius 2 is 1.60 bits per heavy atom. The van der Waals surface area contributed by atoms with E-state index in [1.807, 2.05) is 6.07 Å². The Morgan fingerprint density at radius 1 is 0.920 bits per heavy atom. The van der Waals surface area contributed by atoms with Gasteiger partial charge >= 0.3 is 5.97 Å². The lowest BCUT2D eigenvalue weighted by atomic mass is 9.61. The van der Waals surface area contributed by atoms with Crippen LogP contribution in [-0.2, 0) is 14.9 Å². The summed E-state index contributed by atoms with van der Waals surface area (Å²) in [5.41, 5.74) is 1.06. The molecule has 0 radical (unpaired) electrons. The molecule has 1 atom stereocenters. The van der Waals surface area contributed by atoms with Crippen molar-refractivity contribution in [2.75, 3.05) is 13.1 Å². The first-order chi connectivity index (χ1) is 12.3. The van der Waals surface area contributed by atoms with E-state index in [1.165, 1.54) is 50.8 Å². The highest BCUT2D eigenvalue weighted by molar-refractivity contribution is 5.83. The fourth-order valence-electron chi connectivity index (χ4n) is 5.42. The standard InChI is InChI=1S/C22H31NO2/c24-20(25-19-10-13-21(19)14-16-23-17-15-21)22(11-6-1-2-7-12-22)18-8-4-3-5-9-18/h3-5,8-9,19,23H,1-2,6-7,10-17H2/p+1. The maximum absolute atomic E-state index is 13.5. The van der Waals surface area contributed by atoms with Gasteiger partial charge in [0.1, 0.15) is 6.10 Å². The lowest BCUT2D eigenvalue weighted by Gasteiger charge is -2.50. The molecule has 0 bridgehead atoms. The van der Waals surface area contributed by atoms with E-state index in [1.54, 1.807) is 0 Å². The second kappa shape index (κ2) is 7.11. The second-order valence-electron chi connectivity index (χ2n) is 8.52. The zero-order chi connectivity index (χ0) is 17.2. The number of hydrogen-bond donors (Lipinski definition) is 1. The van der Waals surface area contributed by atoms with Gasteiger partial charge in [-0.15, -0.1) is 0 Å². The first-order valence-corrected chi connectivity index (χ1v) is 10.3. The molecule has 3 fully saturated rings. The van der Waals surface area contributed by atoms with E-state index in [0.717, 1.165) is 32.1 Å². The highest BCUT2D eigenvalue weighted by atomic mass is 16.5. The van der Waals surface area contributed by atoms with Crippen LogP contribution in [0, 0.1) is 5.41 Å². The number of benzene rings is 1. The lowest BCUT2D eigenvalue weighted by molar-refractivity contribution is -0.670. The quantitative estimate of drug-likeness (QED) is 0.676. The van der Waals surface area contributed by atoms with Crippen LogP contribution in [0.4, 0.5) is 0 Å². The highest BCUT2D eigenvalue weighted by Crippen LogP contribution is 2.50. The molecule has 4 rings (SSSR count). The SMILES string of the molecule is O=C(OC1CCC12CC[NH2+]CC2)C1(c2ccccc2)CCCCCC1. The number of esters is 1. The third kappa shape index (κ3) is 3.12. The molecule has 25 heavy (non-hydrogen) atoms. The summed E-state index contributed by atoms with van der Waals surface area (Å²) in [5.74, 6) is 0.0687. The van der Waals surface area contributed by atoms with Crippen molar-refractivity contribution < 1.29 is 14.8 Å². The van der Waals surface area contributed by atoms with Gasteiger partial charge in [-0.05, 0) is 31.2 Å². The summed E-state index contributed by atoms with van der Waals surface area (Å²) in [6.07, 6.45) is 11.5. The van der Waals surface area contributed by atoms with Crippen LogP contribution in [0.3, 0.4) is 0 Å². The van der Waals surface area contributed by atoms with Crippen LogP contribution in [-0.4, -0.2) is 25.2 Å². The minimum atomic E-state index is -0.407. The zero-order valence-electron chi connectivity index (χ0n) is 15.3. The maximum Gasteiger partial charge on any atom is 0.316 e. The zero-order valence-corrected chi connectivity index (χ0v) is 15.3. The minimum Gasteiger partial charge on any atom is -0.461 e. The summed E-state index contributed by atoms with van der Waals surface area (Å²) in [6.45, 7) is 2.38. The molecule has 1 unspecified atom stereocenters. The average molecular weight is 343 g/mol. The Bertz CT molecular complexity index is 583. The predicted octanol–water partition coefficient (Wildman–Crippen LogP) is 3.33. The van der Waals surface area contributed by atoms with Gasteiger partial charge in [-0.1, -0.05) is 56.0 Å². The molecule has 1 spiro atoms. The fraction of sp³-hybridized carbons (Fsp3) is 0.682. The topological polar surface area (TPSA) is 42.9 Å². The molecule has 2 N–H and O–H groups in total. The number of quaternary nitrogens is 1. The second-order valence-corrected chi connectivity index (χ2v) is 8.52. The summed E-state index contributed by atoms with van der Waals surface area (Å²) < 4.78 is 6.28. The van der Waals surface area contributed by atoms with E-state index in [9.17, 15) is 4.79 Å². The van der Waals surface area contributed by atoms with Crippen LogP contribution in [0.25, 0.3) is 0 Å². The molecule has 0 aromatic heterocycles. The van der Waals surface area contributed by atoms with E-state index in [-0.39, 0.29) is 12.1 Å². The van der Waals surface area contributed by atoms with E-state index < -0.39 is 5.41 Å². The van der Waals surface area contributed by atoms with Crippen molar-refractivity contribution in [3.8, 4) is 0 Å². The van der Waals surface area contributed by atoms with Gasteiger partial charge in [-0.3, -0.25) is 4.79 Å². The van der Waals surface area contributed by atoms with Crippen molar-refractivity contribution in [2.45, 2.75) is 75.7 Å². The molecular weight excluding hydrogens is 310 g/mol. The van der Waals surface area contributed by atoms with Crippen LogP contribution in [0.15, 0.2) is 30.3 Å². The maximum atomic E-state index is 13.5. The molecule has 1 saturated heterocycles. The van der Waals surface area contributed by atoms with Gasteiger partial charge in [0.25, 0.3) is 0 Å². The Balaban J connectivity index is 1.56. The monoisotopic (exact) mass is 342 g/mol. The highest BCUT2D eigenvalue weighted by Gasteiger charge is 2.52. The largest absolute Gasteiger partial charge is 0.461 e. The lowest BCUT2D eigenvalue weighted by Crippen LogP contribution is -2.88. The first kappa shape index (κ1) is 17.1. The van der Waals surface area contributed by atoms with Crippen molar-refractivity contribution in [2.24, 2.45) is 5.41 Å². The summed E-state index contributed by atoms with van der Waals surface area (Å²) in [5, 5.41) is 2.40. The van der Waals surface area contributed by atoms with Crippen molar-refractivity contribution >= 4 is 5.97 Å². The van der Waals surface area contributed by atoms with E-state index in [4.69, 9.17) is 4.74 Å². The number of ether oxygens (including phenoxy) is 1. The summed E-state index contributed by atoms with van der Waals surface area (Å²) in [7, 11) is 0. The van der Waals surface area contributed by atoms with Gasteiger partial charge in [0.2, 0.25) is 0 Å². The van der Waals surface area contributed by atoms with Gasteiger partial charge in [0.05, 0.1) is 18.5 Å². The number of piperidine rings is 1. The van der Waals surface area contributed by atoms with Crippen LogP contribution >= 0.6 is 0 Å². The Hall–Kier alpha value is -1.35. The van der Waals surface area contributed by atoms with E-state index >= 15 is 0 Å². The number of carbonyl (C=O) groups is 1. The third-order valence-corrected chi connectivity index (χ3v) is 7.20. The molecule has 2 saturated carbocycles. The van der Waals surface area contributed by atoms with Crippen molar-refractivity contribution in [3.05, 3.63) is 35.9 Å². The van der Waals surface area contributed by atoms with Crippen LogP contribution in [0.2, 0.25) is 0 Å². The van der Waals surface area contributed by atoms with Gasteiger partial charge in [-0.25, -0.2) is 0 Å². The molecule has 1 aromatic rings. The molecular formula is C22H32NO2+. The molecule has 1 aliphatic heterocycles. The smallest absolute Gasteiger partial charge is 0.316 e. The molecule has 3 heteroatoms. The summed E-state index contributed by atoms with van der Waals surface area (Å²) >= 11 is 0. The summed E-state index contributed by atoms with van der Waals surface area (Å²) in [4.78, 5) is 13.5. The van der Waals surface area contributed by atoms with Gasteiger partial charge in [-0.2, -0.15) is 0 Å². The minimum absolute atomic E-state index is 0.0687. The van der Waals surface area contributed by atoms with Crippen LogP contribution < -0.4 is 5.32 Å². The van der Waals surface area contributed by atoms with Gasteiger partial charge < -0.3 is 10.1 Å². The van der Waals surface area contributed by atoms with Gasteiger partial charge in [0.15, 0.2) is 0 Å². The van der Waals surface area contributed by atoms with Crippen LogP contribution in [0.1, 0.15) is 69.8 Å².